The van der Waals surface area contributed by atoms with Gasteiger partial charge in [-0.15, -0.1) is 0 Å². The predicted molar refractivity (Wildman–Crippen MR) is 69.5 cm³/mol. The predicted octanol–water partition coefficient (Wildman–Crippen LogP) is 2.17. The van der Waals surface area contributed by atoms with Crippen molar-refractivity contribution in [3.05, 3.63) is 33.8 Å². The second-order valence-electron chi connectivity index (χ2n) is 3.61. The lowest BCUT2D eigenvalue weighted by molar-refractivity contribution is 0.0996. The fraction of sp³-hybridized carbons (Fsp3) is 0.167. The van der Waals surface area contributed by atoms with Crippen molar-refractivity contribution in [3.8, 4) is 5.75 Å². The Morgan fingerprint density at radius 2 is 2.22 bits per heavy atom. The van der Waals surface area contributed by atoms with Crippen LogP contribution in [0.2, 0.25) is 0 Å². The Balaban J connectivity index is 2.79. The Morgan fingerprint density at radius 1 is 1.50 bits per heavy atom. The number of carbonyl (C=O) groups is 1. The van der Waals surface area contributed by atoms with Gasteiger partial charge < -0.3 is 14.9 Å². The highest BCUT2D eigenvalue weighted by Gasteiger charge is 2.12. The molecular formula is C12H11BrN2O3. The number of nitrogens with one attached hydrogen (secondary N) is 1. The number of fused-ring (bicyclic) bond motifs is 1. The van der Waals surface area contributed by atoms with E-state index in [1.165, 1.54) is 6.07 Å². The summed E-state index contributed by atoms with van der Waals surface area (Å²) >= 11 is 3.35. The molecule has 94 valence electrons. The van der Waals surface area contributed by atoms with Gasteiger partial charge in [-0.3, -0.25) is 10.2 Å². The molecule has 0 fully saturated rings. The Labute approximate surface area is 111 Å². The maximum atomic E-state index is 11.2. The number of carbonyl (C=O) groups excluding carboxylic acids is 1. The molecule has 0 aliphatic carbocycles. The van der Waals surface area contributed by atoms with Crippen molar-refractivity contribution in [3.63, 3.8) is 0 Å². The minimum Gasteiger partial charge on any atom is -0.490 e. The Bertz CT molecular complexity index is 679. The van der Waals surface area contributed by atoms with Gasteiger partial charge in [0.05, 0.1) is 6.61 Å². The lowest BCUT2D eigenvalue weighted by atomic mass is 10.1. The van der Waals surface area contributed by atoms with Crippen LogP contribution in [0.1, 0.15) is 17.3 Å². The lowest BCUT2D eigenvalue weighted by Crippen LogP contribution is -2.20. The molecule has 1 aromatic carbocycles. The van der Waals surface area contributed by atoms with Gasteiger partial charge in [-0.2, -0.15) is 0 Å². The second-order valence-corrected chi connectivity index (χ2v) is 4.52. The first-order valence-electron chi connectivity index (χ1n) is 5.27. The molecule has 0 radical (unpaired) electrons. The highest BCUT2D eigenvalue weighted by Crippen LogP contribution is 2.29. The van der Waals surface area contributed by atoms with Crippen LogP contribution in [0.3, 0.4) is 0 Å². The average Bonchev–Trinajstić information content (AvgIpc) is 2.29. The topological polar surface area (TPSA) is 89.3 Å². The van der Waals surface area contributed by atoms with Gasteiger partial charge >= 0.3 is 0 Å². The molecular weight excluding hydrogens is 300 g/mol. The van der Waals surface area contributed by atoms with E-state index in [9.17, 15) is 4.79 Å². The molecule has 0 aliphatic heterocycles. The number of hydrogen-bond acceptors (Lipinski definition) is 4. The molecule has 0 aliphatic rings. The molecule has 0 spiro atoms. The van der Waals surface area contributed by atoms with E-state index in [0.29, 0.717) is 23.3 Å². The fourth-order valence-corrected chi connectivity index (χ4v) is 2.08. The molecule has 2 rings (SSSR count). The molecule has 18 heavy (non-hydrogen) atoms. The van der Waals surface area contributed by atoms with Gasteiger partial charge in [0, 0.05) is 9.86 Å². The van der Waals surface area contributed by atoms with E-state index in [2.05, 4.69) is 15.9 Å². The van der Waals surface area contributed by atoms with Gasteiger partial charge in [-0.1, -0.05) is 15.9 Å². The smallest absolute Gasteiger partial charge is 0.254 e. The van der Waals surface area contributed by atoms with E-state index in [-0.39, 0.29) is 11.1 Å². The molecule has 0 atom stereocenters. The second kappa shape index (κ2) is 4.81. The van der Waals surface area contributed by atoms with Gasteiger partial charge in [-0.25, -0.2) is 0 Å². The quantitative estimate of drug-likeness (QED) is 0.910. The normalized spacial score (nSPS) is 10.6. The van der Waals surface area contributed by atoms with Crippen molar-refractivity contribution in [2.24, 2.45) is 5.73 Å². The highest BCUT2D eigenvalue weighted by atomic mass is 79.9. The third kappa shape index (κ3) is 2.24. The van der Waals surface area contributed by atoms with Crippen molar-refractivity contribution in [2.45, 2.75) is 6.92 Å². The van der Waals surface area contributed by atoms with Crippen molar-refractivity contribution in [1.29, 1.82) is 5.41 Å². The number of amides is 1. The summed E-state index contributed by atoms with van der Waals surface area (Å²) in [7, 11) is 0. The molecule has 2 aromatic rings. The van der Waals surface area contributed by atoms with E-state index < -0.39 is 5.91 Å². The van der Waals surface area contributed by atoms with Gasteiger partial charge in [0.1, 0.15) is 5.56 Å². The van der Waals surface area contributed by atoms with Crippen LogP contribution < -0.4 is 16.0 Å². The minimum absolute atomic E-state index is 0.0445. The van der Waals surface area contributed by atoms with Crippen LogP contribution in [0.4, 0.5) is 0 Å². The van der Waals surface area contributed by atoms with E-state index >= 15 is 0 Å². The zero-order valence-corrected chi connectivity index (χ0v) is 11.2. The number of benzene rings is 1. The number of primary amides is 1. The molecule has 1 amide bonds. The summed E-state index contributed by atoms with van der Waals surface area (Å²) in [4.78, 5) is 11.2. The summed E-state index contributed by atoms with van der Waals surface area (Å²) in [6.45, 7) is 2.33. The molecule has 0 bridgehead atoms. The number of nitrogens with two attached hydrogens (primary N) is 1. The van der Waals surface area contributed by atoms with Gasteiger partial charge in [0.25, 0.3) is 5.91 Å². The summed E-state index contributed by atoms with van der Waals surface area (Å²) in [5.74, 6) is -0.171. The number of hydrogen-bond donors (Lipinski definition) is 2. The maximum absolute atomic E-state index is 11.2. The maximum Gasteiger partial charge on any atom is 0.254 e. The van der Waals surface area contributed by atoms with E-state index in [1.54, 1.807) is 12.1 Å². The van der Waals surface area contributed by atoms with Crippen LogP contribution in [0.5, 0.6) is 5.75 Å². The Hall–Kier alpha value is -1.82. The molecule has 3 N–H and O–H groups in total. The summed E-state index contributed by atoms with van der Waals surface area (Å²) in [5, 5.41) is 8.28. The van der Waals surface area contributed by atoms with E-state index in [1.807, 2.05) is 6.92 Å². The van der Waals surface area contributed by atoms with Crippen molar-refractivity contribution in [1.82, 2.24) is 0 Å². The SMILES string of the molecule is CCOc1cc(Br)cc2cc(C(N)=O)c(=N)oc12. The number of halogens is 1. The zero-order valence-electron chi connectivity index (χ0n) is 9.62. The lowest BCUT2D eigenvalue weighted by Gasteiger charge is -2.08. The van der Waals surface area contributed by atoms with Gasteiger partial charge in [0.15, 0.2) is 11.3 Å². The largest absolute Gasteiger partial charge is 0.490 e. The molecule has 0 saturated heterocycles. The van der Waals surface area contributed by atoms with Crippen molar-refractivity contribution in [2.75, 3.05) is 6.61 Å². The summed E-state index contributed by atoms with van der Waals surface area (Å²) in [6.07, 6.45) is 0. The number of rotatable bonds is 3. The molecule has 0 unspecified atom stereocenters. The average molecular weight is 311 g/mol. The Morgan fingerprint density at radius 3 is 2.83 bits per heavy atom. The third-order valence-electron chi connectivity index (χ3n) is 2.36. The molecule has 1 aromatic heterocycles. The standard InChI is InChI=1S/C12H11BrN2O3/c1-2-17-9-5-7(13)3-6-4-8(11(14)16)12(15)18-10(6)9/h3-5,15H,2H2,1H3,(H2,14,16). The summed E-state index contributed by atoms with van der Waals surface area (Å²) in [6, 6.07) is 5.04. The Kier molecular flexibility index (Phi) is 3.38. The van der Waals surface area contributed by atoms with Crippen LogP contribution in [0, 0.1) is 5.41 Å². The van der Waals surface area contributed by atoms with Gasteiger partial charge in [-0.05, 0) is 25.1 Å². The third-order valence-corrected chi connectivity index (χ3v) is 2.82. The molecule has 6 heteroatoms. The van der Waals surface area contributed by atoms with Crippen molar-refractivity contribution < 1.29 is 13.9 Å². The van der Waals surface area contributed by atoms with Gasteiger partial charge in [0.2, 0.25) is 5.55 Å². The van der Waals surface area contributed by atoms with Crippen molar-refractivity contribution >= 4 is 32.8 Å². The monoisotopic (exact) mass is 310 g/mol. The number of ether oxygens (including phenoxy) is 1. The van der Waals surface area contributed by atoms with E-state index in [0.717, 1.165) is 4.47 Å². The van der Waals surface area contributed by atoms with Crippen LogP contribution >= 0.6 is 15.9 Å². The highest BCUT2D eigenvalue weighted by molar-refractivity contribution is 9.10. The first-order chi connectivity index (χ1) is 8.52. The zero-order chi connectivity index (χ0) is 13.3. The fourth-order valence-electron chi connectivity index (χ4n) is 1.63. The summed E-state index contributed by atoms with van der Waals surface area (Å²) < 4.78 is 11.5. The molecule has 5 nitrogen and oxygen atoms in total. The summed E-state index contributed by atoms with van der Waals surface area (Å²) in [5.41, 5.74) is 5.38. The molecule has 1 heterocycles. The first-order valence-corrected chi connectivity index (χ1v) is 6.06. The first kappa shape index (κ1) is 12.6. The van der Waals surface area contributed by atoms with Crippen LogP contribution in [0.15, 0.2) is 27.1 Å². The van der Waals surface area contributed by atoms with E-state index in [4.69, 9.17) is 20.3 Å². The minimum atomic E-state index is -0.691. The van der Waals surface area contributed by atoms with Crippen LogP contribution in [-0.4, -0.2) is 12.5 Å². The van der Waals surface area contributed by atoms with Crippen LogP contribution in [0.25, 0.3) is 11.0 Å². The molecule has 0 saturated carbocycles. The van der Waals surface area contributed by atoms with Crippen LogP contribution in [-0.2, 0) is 0 Å².